The highest BCUT2D eigenvalue weighted by Crippen LogP contribution is 2.18. The van der Waals surface area contributed by atoms with E-state index in [9.17, 15) is 4.79 Å². The van der Waals surface area contributed by atoms with E-state index in [-0.39, 0.29) is 11.9 Å². The average molecular weight is 339 g/mol. The lowest BCUT2D eigenvalue weighted by atomic mass is 10.1. The molecule has 1 atom stereocenters. The van der Waals surface area contributed by atoms with Crippen LogP contribution in [-0.4, -0.2) is 41.5 Å². The third kappa shape index (κ3) is 2.67. The highest BCUT2D eigenvalue weighted by Gasteiger charge is 2.24. The molecule has 0 aromatic carbocycles. The van der Waals surface area contributed by atoms with Gasteiger partial charge in [0.25, 0.3) is 5.91 Å². The molecule has 1 amide bonds. The maximum absolute atomic E-state index is 12.7. The summed E-state index contributed by atoms with van der Waals surface area (Å²) in [6, 6.07) is 1.94. The van der Waals surface area contributed by atoms with E-state index in [2.05, 4.69) is 37.1 Å². The Morgan fingerprint density at radius 3 is 3.04 bits per heavy atom. The normalized spacial score (nSPS) is 16.8. The number of rotatable bonds is 3. The molecule has 0 fully saturated rings. The summed E-state index contributed by atoms with van der Waals surface area (Å²) in [5, 5.41) is 16.8. The molecule has 0 aliphatic carbocycles. The van der Waals surface area contributed by atoms with Gasteiger partial charge in [-0.05, 0) is 19.4 Å². The van der Waals surface area contributed by atoms with Crippen molar-refractivity contribution in [2.75, 3.05) is 0 Å². The van der Waals surface area contributed by atoms with Crippen molar-refractivity contribution in [1.29, 1.82) is 0 Å². The maximum Gasteiger partial charge on any atom is 0.253 e. The van der Waals surface area contributed by atoms with Gasteiger partial charge in [0.05, 0.1) is 11.3 Å². The molecule has 4 heterocycles. The van der Waals surface area contributed by atoms with E-state index in [1.54, 1.807) is 10.9 Å². The number of fused-ring (bicyclic) bond motifs is 2. The summed E-state index contributed by atoms with van der Waals surface area (Å²) in [5.74, 6) is 1.89. The first-order chi connectivity index (χ1) is 12.1. The van der Waals surface area contributed by atoms with Crippen LogP contribution in [0.5, 0.6) is 0 Å². The molecule has 1 aliphatic rings. The quantitative estimate of drug-likeness (QED) is 0.774. The van der Waals surface area contributed by atoms with Crippen LogP contribution in [0.15, 0.2) is 12.3 Å². The highest BCUT2D eigenvalue weighted by atomic mass is 16.1. The largest absolute Gasteiger partial charge is 0.347 e. The smallest absolute Gasteiger partial charge is 0.253 e. The number of pyridine rings is 1. The minimum atomic E-state index is -0.0998. The Balaban J connectivity index is 1.53. The van der Waals surface area contributed by atoms with Crippen LogP contribution in [0.1, 0.15) is 41.0 Å². The van der Waals surface area contributed by atoms with Crippen molar-refractivity contribution in [3.05, 3.63) is 35.2 Å². The Morgan fingerprint density at radius 1 is 1.40 bits per heavy atom. The van der Waals surface area contributed by atoms with Gasteiger partial charge in [-0.1, -0.05) is 6.92 Å². The number of amides is 1. The number of nitrogens with zero attached hydrogens (tertiary/aromatic N) is 6. The van der Waals surface area contributed by atoms with Crippen LogP contribution in [0.2, 0.25) is 0 Å². The first-order valence-corrected chi connectivity index (χ1v) is 8.58. The van der Waals surface area contributed by atoms with E-state index in [1.165, 1.54) is 0 Å². The van der Waals surface area contributed by atoms with E-state index < -0.39 is 0 Å². The molecule has 0 spiro atoms. The summed E-state index contributed by atoms with van der Waals surface area (Å²) in [5.41, 5.74) is 2.22. The Kier molecular flexibility index (Phi) is 3.74. The second-order valence-electron chi connectivity index (χ2n) is 6.51. The van der Waals surface area contributed by atoms with Gasteiger partial charge < -0.3 is 9.88 Å². The number of hydrogen-bond donors (Lipinski definition) is 1. The zero-order valence-corrected chi connectivity index (χ0v) is 14.7. The molecule has 3 aromatic heterocycles. The van der Waals surface area contributed by atoms with Crippen LogP contribution in [-0.2, 0) is 26.4 Å². The first-order valence-electron chi connectivity index (χ1n) is 8.58. The van der Waals surface area contributed by atoms with E-state index in [0.29, 0.717) is 5.56 Å². The SMILES string of the molecule is CCc1nnc2n1CC(NC(=O)c1cnc3c(c1)c(C)nn3C)CC2. The summed E-state index contributed by atoms with van der Waals surface area (Å²) in [6.07, 6.45) is 4.16. The molecule has 0 bridgehead atoms. The number of aryl methyl sites for hydroxylation is 4. The molecular weight excluding hydrogens is 318 g/mol. The molecule has 4 rings (SSSR count). The minimum Gasteiger partial charge on any atom is -0.347 e. The molecule has 0 radical (unpaired) electrons. The molecule has 3 aromatic rings. The Bertz CT molecular complexity index is 942. The number of aromatic nitrogens is 6. The zero-order chi connectivity index (χ0) is 17.6. The lowest BCUT2D eigenvalue weighted by Crippen LogP contribution is -2.41. The molecule has 1 N–H and O–H groups in total. The molecule has 0 saturated carbocycles. The molecule has 130 valence electrons. The molecular formula is C17H21N7O. The molecule has 1 aliphatic heterocycles. The van der Waals surface area contributed by atoms with Crippen LogP contribution in [0.3, 0.4) is 0 Å². The number of nitrogens with one attached hydrogen (secondary N) is 1. The monoisotopic (exact) mass is 339 g/mol. The molecule has 1 unspecified atom stereocenters. The summed E-state index contributed by atoms with van der Waals surface area (Å²) in [7, 11) is 1.85. The summed E-state index contributed by atoms with van der Waals surface area (Å²) >= 11 is 0. The van der Waals surface area contributed by atoms with Gasteiger partial charge in [0, 0.05) is 44.1 Å². The van der Waals surface area contributed by atoms with Gasteiger partial charge in [0.15, 0.2) is 5.65 Å². The fraction of sp³-hybridized carbons (Fsp3) is 0.471. The number of carbonyl (C=O) groups excluding carboxylic acids is 1. The van der Waals surface area contributed by atoms with Gasteiger partial charge >= 0.3 is 0 Å². The van der Waals surface area contributed by atoms with Crippen LogP contribution in [0.4, 0.5) is 0 Å². The summed E-state index contributed by atoms with van der Waals surface area (Å²) in [4.78, 5) is 17.0. The van der Waals surface area contributed by atoms with E-state index in [0.717, 1.165) is 54.2 Å². The van der Waals surface area contributed by atoms with Gasteiger partial charge in [0.2, 0.25) is 0 Å². The van der Waals surface area contributed by atoms with Crippen molar-refractivity contribution in [1.82, 2.24) is 34.8 Å². The van der Waals surface area contributed by atoms with Gasteiger partial charge in [-0.2, -0.15) is 5.10 Å². The van der Waals surface area contributed by atoms with Crippen LogP contribution >= 0.6 is 0 Å². The lowest BCUT2D eigenvalue weighted by molar-refractivity contribution is 0.0927. The van der Waals surface area contributed by atoms with Crippen molar-refractivity contribution in [2.45, 2.75) is 45.7 Å². The van der Waals surface area contributed by atoms with Gasteiger partial charge in [-0.15, -0.1) is 10.2 Å². The Morgan fingerprint density at radius 2 is 2.24 bits per heavy atom. The Labute approximate surface area is 145 Å². The molecule has 0 saturated heterocycles. The van der Waals surface area contributed by atoms with Crippen molar-refractivity contribution in [3.8, 4) is 0 Å². The predicted molar refractivity (Wildman–Crippen MR) is 92.2 cm³/mol. The van der Waals surface area contributed by atoms with E-state index >= 15 is 0 Å². The van der Waals surface area contributed by atoms with E-state index in [1.807, 2.05) is 20.0 Å². The van der Waals surface area contributed by atoms with Crippen LogP contribution < -0.4 is 5.32 Å². The van der Waals surface area contributed by atoms with Crippen LogP contribution in [0.25, 0.3) is 11.0 Å². The minimum absolute atomic E-state index is 0.0759. The fourth-order valence-electron chi connectivity index (χ4n) is 3.46. The third-order valence-electron chi connectivity index (χ3n) is 4.80. The molecule has 25 heavy (non-hydrogen) atoms. The van der Waals surface area contributed by atoms with Crippen molar-refractivity contribution >= 4 is 16.9 Å². The number of hydrogen-bond acceptors (Lipinski definition) is 5. The van der Waals surface area contributed by atoms with Crippen molar-refractivity contribution in [3.63, 3.8) is 0 Å². The van der Waals surface area contributed by atoms with Crippen molar-refractivity contribution < 1.29 is 4.79 Å². The second-order valence-corrected chi connectivity index (χ2v) is 6.51. The summed E-state index contributed by atoms with van der Waals surface area (Å²) < 4.78 is 3.86. The predicted octanol–water partition coefficient (Wildman–Crippen LogP) is 1.18. The average Bonchev–Trinajstić information content (AvgIpc) is 3.15. The highest BCUT2D eigenvalue weighted by molar-refractivity contribution is 5.97. The van der Waals surface area contributed by atoms with E-state index in [4.69, 9.17) is 0 Å². The first kappa shape index (κ1) is 15.7. The molecule has 8 nitrogen and oxygen atoms in total. The van der Waals surface area contributed by atoms with Gasteiger partial charge in [0.1, 0.15) is 11.6 Å². The Hall–Kier alpha value is -2.77. The van der Waals surface area contributed by atoms with Gasteiger partial charge in [-0.25, -0.2) is 4.98 Å². The number of carbonyl (C=O) groups is 1. The zero-order valence-electron chi connectivity index (χ0n) is 14.7. The van der Waals surface area contributed by atoms with Gasteiger partial charge in [-0.3, -0.25) is 9.48 Å². The maximum atomic E-state index is 12.7. The molecule has 8 heteroatoms. The van der Waals surface area contributed by atoms with Crippen molar-refractivity contribution in [2.24, 2.45) is 7.05 Å². The third-order valence-corrected chi connectivity index (χ3v) is 4.80. The fourth-order valence-corrected chi connectivity index (χ4v) is 3.46. The standard InChI is InChI=1S/C17H21N7O/c1-4-14-20-21-15-6-5-12(9-24(14)15)19-17(25)11-7-13-10(2)22-23(3)16(13)18-8-11/h7-8,12H,4-6,9H2,1-3H3,(H,19,25). The lowest BCUT2D eigenvalue weighted by Gasteiger charge is -2.25. The van der Waals surface area contributed by atoms with Crippen LogP contribution in [0, 0.1) is 6.92 Å². The summed E-state index contributed by atoms with van der Waals surface area (Å²) in [6.45, 7) is 4.71. The second kappa shape index (κ2) is 5.94. The topological polar surface area (TPSA) is 90.5 Å².